The van der Waals surface area contributed by atoms with Crippen LogP contribution in [-0.4, -0.2) is 54.9 Å². The molecule has 1 amide bonds. The molecule has 0 radical (unpaired) electrons. The molecule has 1 atom stereocenters. The predicted molar refractivity (Wildman–Crippen MR) is 85.4 cm³/mol. The second kappa shape index (κ2) is 7.53. The molecule has 23 heavy (non-hydrogen) atoms. The van der Waals surface area contributed by atoms with Gasteiger partial charge in [0.15, 0.2) is 16.4 Å². The fraction of sp³-hybridized carbons (Fsp3) is 0.786. The van der Waals surface area contributed by atoms with Crippen molar-refractivity contribution in [1.82, 2.24) is 5.32 Å². The van der Waals surface area contributed by atoms with E-state index in [0.717, 1.165) is 12.8 Å². The van der Waals surface area contributed by atoms with Crippen LogP contribution in [-0.2, 0) is 24.2 Å². The van der Waals surface area contributed by atoms with E-state index in [1.165, 1.54) is 11.8 Å². The number of sulfone groups is 1. The van der Waals surface area contributed by atoms with Crippen LogP contribution < -0.4 is 5.32 Å². The second-order valence-electron chi connectivity index (χ2n) is 5.95. The molecule has 7 nitrogen and oxygen atoms in total. The van der Waals surface area contributed by atoms with Crippen molar-refractivity contribution >= 4 is 33.5 Å². The molecular weight excluding hydrogens is 340 g/mol. The minimum absolute atomic E-state index is 0.0247. The molecule has 2 rings (SSSR count). The molecule has 1 N–H and O–H groups in total. The van der Waals surface area contributed by atoms with Crippen LogP contribution in [0.5, 0.6) is 0 Å². The van der Waals surface area contributed by atoms with Crippen LogP contribution in [0, 0.1) is 11.3 Å². The van der Waals surface area contributed by atoms with Gasteiger partial charge in [-0.05, 0) is 32.1 Å². The summed E-state index contributed by atoms with van der Waals surface area (Å²) in [6.45, 7) is -0.411. The molecule has 1 saturated carbocycles. The molecular formula is C14H20N2O5S2. The SMILES string of the molecule is N#CC1(NC(=O)COC(=O)CS[C@@H]2CCS(=O)(=O)C2)CCCC1. The van der Waals surface area contributed by atoms with Crippen LogP contribution in [0.1, 0.15) is 32.1 Å². The molecule has 0 unspecified atom stereocenters. The number of rotatable bonds is 6. The third kappa shape index (κ3) is 5.39. The van der Waals surface area contributed by atoms with Gasteiger partial charge < -0.3 is 10.1 Å². The van der Waals surface area contributed by atoms with E-state index in [1.54, 1.807) is 0 Å². The molecule has 0 spiro atoms. The van der Waals surface area contributed by atoms with Crippen molar-refractivity contribution in [2.45, 2.75) is 42.9 Å². The third-order valence-electron chi connectivity index (χ3n) is 4.04. The maximum absolute atomic E-state index is 11.8. The fourth-order valence-electron chi connectivity index (χ4n) is 2.81. The van der Waals surface area contributed by atoms with Gasteiger partial charge in [0.05, 0.1) is 23.3 Å². The highest BCUT2D eigenvalue weighted by molar-refractivity contribution is 8.02. The number of hydrogen-bond donors (Lipinski definition) is 1. The number of nitrogens with one attached hydrogen (secondary N) is 1. The lowest BCUT2D eigenvalue weighted by Gasteiger charge is -2.21. The van der Waals surface area contributed by atoms with E-state index in [0.29, 0.717) is 19.3 Å². The maximum Gasteiger partial charge on any atom is 0.316 e. The standard InChI is InChI=1S/C14H20N2O5S2/c15-10-14(4-1-2-5-14)16-12(17)7-21-13(18)8-22-11-3-6-23(19,20)9-11/h11H,1-9H2,(H,16,17)/t11-/m1/s1. The summed E-state index contributed by atoms with van der Waals surface area (Å²) in [5.41, 5.74) is -0.823. The van der Waals surface area contributed by atoms with Gasteiger partial charge in [0.2, 0.25) is 0 Å². The number of thioether (sulfide) groups is 1. The van der Waals surface area contributed by atoms with Gasteiger partial charge in [-0.3, -0.25) is 9.59 Å². The lowest BCUT2D eigenvalue weighted by Crippen LogP contribution is -2.46. The van der Waals surface area contributed by atoms with Gasteiger partial charge in [-0.1, -0.05) is 0 Å². The molecule has 0 bridgehead atoms. The van der Waals surface area contributed by atoms with Gasteiger partial charge in [0, 0.05) is 5.25 Å². The summed E-state index contributed by atoms with van der Waals surface area (Å²) in [7, 11) is -2.96. The quantitative estimate of drug-likeness (QED) is 0.682. The van der Waals surface area contributed by atoms with Crippen molar-refractivity contribution in [1.29, 1.82) is 5.26 Å². The Morgan fingerprint density at radius 2 is 2.04 bits per heavy atom. The summed E-state index contributed by atoms with van der Waals surface area (Å²) in [6, 6.07) is 2.13. The molecule has 2 fully saturated rings. The number of nitriles is 1. The smallest absolute Gasteiger partial charge is 0.316 e. The van der Waals surface area contributed by atoms with Gasteiger partial charge in [-0.2, -0.15) is 5.26 Å². The Kier molecular flexibility index (Phi) is 5.92. The topological polar surface area (TPSA) is 113 Å². The number of nitrogens with zero attached hydrogens (tertiary/aromatic N) is 1. The lowest BCUT2D eigenvalue weighted by atomic mass is 10.00. The van der Waals surface area contributed by atoms with E-state index in [9.17, 15) is 18.0 Å². The van der Waals surface area contributed by atoms with Crippen molar-refractivity contribution in [3.8, 4) is 6.07 Å². The minimum atomic E-state index is -2.96. The highest BCUT2D eigenvalue weighted by Crippen LogP contribution is 2.28. The maximum atomic E-state index is 11.8. The van der Waals surface area contributed by atoms with Crippen LogP contribution in [0.4, 0.5) is 0 Å². The molecule has 0 aromatic carbocycles. The average molecular weight is 360 g/mol. The first kappa shape index (κ1) is 18.1. The van der Waals surface area contributed by atoms with Gasteiger partial charge in [-0.25, -0.2) is 8.42 Å². The highest BCUT2D eigenvalue weighted by atomic mass is 32.2. The molecule has 1 heterocycles. The van der Waals surface area contributed by atoms with Crippen molar-refractivity contribution in [2.24, 2.45) is 0 Å². The zero-order chi connectivity index (χ0) is 16.9. The molecule has 1 aliphatic carbocycles. The van der Waals surface area contributed by atoms with Crippen LogP contribution in [0.25, 0.3) is 0 Å². The Balaban J connectivity index is 1.66. The van der Waals surface area contributed by atoms with Gasteiger partial charge in [0.25, 0.3) is 5.91 Å². The second-order valence-corrected chi connectivity index (χ2v) is 9.46. The van der Waals surface area contributed by atoms with Gasteiger partial charge >= 0.3 is 5.97 Å². The Morgan fingerprint density at radius 3 is 2.61 bits per heavy atom. The fourth-order valence-corrected chi connectivity index (χ4v) is 6.25. The number of carbonyl (C=O) groups excluding carboxylic acids is 2. The monoisotopic (exact) mass is 360 g/mol. The van der Waals surface area contributed by atoms with Crippen LogP contribution >= 0.6 is 11.8 Å². The number of ether oxygens (including phenoxy) is 1. The first-order valence-corrected chi connectivity index (χ1v) is 10.4. The Bertz CT molecular complexity index is 605. The van der Waals surface area contributed by atoms with Crippen LogP contribution in [0.15, 0.2) is 0 Å². The summed E-state index contributed by atoms with van der Waals surface area (Å²) in [4.78, 5) is 23.4. The number of amides is 1. The van der Waals surface area contributed by atoms with Gasteiger partial charge in [0.1, 0.15) is 5.54 Å². The molecule has 1 saturated heterocycles. The zero-order valence-corrected chi connectivity index (χ0v) is 14.4. The van der Waals surface area contributed by atoms with Crippen LogP contribution in [0.2, 0.25) is 0 Å². The molecule has 1 aliphatic heterocycles. The Labute approximate surface area is 140 Å². The number of esters is 1. The third-order valence-corrected chi connectivity index (χ3v) is 7.30. The summed E-state index contributed by atoms with van der Waals surface area (Å²) < 4.78 is 27.5. The first-order valence-electron chi connectivity index (χ1n) is 7.54. The first-order chi connectivity index (χ1) is 10.8. The van der Waals surface area contributed by atoms with E-state index >= 15 is 0 Å². The van der Waals surface area contributed by atoms with E-state index in [4.69, 9.17) is 10.00 Å². The molecule has 9 heteroatoms. The van der Waals surface area contributed by atoms with E-state index < -0.39 is 33.9 Å². The minimum Gasteiger partial charge on any atom is -0.455 e. The van der Waals surface area contributed by atoms with Gasteiger partial charge in [-0.15, -0.1) is 11.8 Å². The Hall–Kier alpha value is -1.27. The van der Waals surface area contributed by atoms with Crippen molar-refractivity contribution in [2.75, 3.05) is 23.9 Å². The summed E-state index contributed by atoms with van der Waals surface area (Å²) in [5.74, 6) is -0.743. The summed E-state index contributed by atoms with van der Waals surface area (Å²) >= 11 is 1.24. The van der Waals surface area contributed by atoms with E-state index in [2.05, 4.69) is 11.4 Å². The normalized spacial score (nSPS) is 24.7. The molecule has 0 aromatic rings. The van der Waals surface area contributed by atoms with Crippen LogP contribution in [0.3, 0.4) is 0 Å². The molecule has 128 valence electrons. The largest absolute Gasteiger partial charge is 0.455 e. The predicted octanol–water partition coefficient (Wildman–Crippen LogP) is 0.402. The van der Waals surface area contributed by atoms with Crippen molar-refractivity contribution < 1.29 is 22.7 Å². The average Bonchev–Trinajstić information content (AvgIpc) is 3.10. The number of hydrogen-bond acceptors (Lipinski definition) is 7. The molecule has 0 aromatic heterocycles. The molecule has 2 aliphatic rings. The zero-order valence-electron chi connectivity index (χ0n) is 12.7. The highest BCUT2D eigenvalue weighted by Gasteiger charge is 2.35. The van der Waals surface area contributed by atoms with E-state index in [1.807, 2.05) is 0 Å². The summed E-state index contributed by atoms with van der Waals surface area (Å²) in [6.07, 6.45) is 3.58. The number of carbonyl (C=O) groups is 2. The summed E-state index contributed by atoms with van der Waals surface area (Å²) in [5, 5.41) is 11.7. The van der Waals surface area contributed by atoms with E-state index in [-0.39, 0.29) is 22.5 Å². The van der Waals surface area contributed by atoms with Crippen molar-refractivity contribution in [3.63, 3.8) is 0 Å². The Morgan fingerprint density at radius 1 is 1.35 bits per heavy atom. The van der Waals surface area contributed by atoms with Crippen molar-refractivity contribution in [3.05, 3.63) is 0 Å². The lowest BCUT2D eigenvalue weighted by molar-refractivity contribution is -0.146.